The first-order valence-electron chi connectivity index (χ1n) is 4.62. The van der Waals surface area contributed by atoms with Gasteiger partial charge in [-0.15, -0.1) is 0 Å². The summed E-state index contributed by atoms with van der Waals surface area (Å²) in [5, 5.41) is 11.5. The van der Waals surface area contributed by atoms with Gasteiger partial charge < -0.3 is 10.4 Å². The largest absolute Gasteiger partial charge is 0.480 e. The van der Waals surface area contributed by atoms with Crippen molar-refractivity contribution >= 4 is 15.8 Å². The molecule has 0 aromatic heterocycles. The molecule has 1 aliphatic heterocycles. The van der Waals surface area contributed by atoms with Gasteiger partial charge in [-0.3, -0.25) is 4.79 Å². The Morgan fingerprint density at radius 1 is 1.36 bits per heavy atom. The van der Waals surface area contributed by atoms with Crippen LogP contribution in [0, 0.1) is 5.92 Å². The van der Waals surface area contributed by atoms with E-state index in [1.54, 1.807) is 0 Å². The molecule has 1 aliphatic rings. The Bertz CT molecular complexity index is 292. The lowest BCUT2D eigenvalue weighted by molar-refractivity contribution is -0.134. The van der Waals surface area contributed by atoms with E-state index in [0.29, 0.717) is 0 Å². The Hall–Kier alpha value is -0.620. The number of carboxylic acids is 1. The third kappa shape index (κ3) is 4.06. The Kier molecular flexibility index (Phi) is 3.88. The number of sulfone groups is 1. The molecule has 0 spiro atoms. The Morgan fingerprint density at radius 2 is 1.93 bits per heavy atom. The highest BCUT2D eigenvalue weighted by molar-refractivity contribution is 7.92. The van der Waals surface area contributed by atoms with Crippen LogP contribution >= 0.6 is 0 Å². The molecule has 1 rings (SSSR count). The van der Waals surface area contributed by atoms with E-state index >= 15 is 0 Å². The average Bonchev–Trinajstić information content (AvgIpc) is 2.02. The van der Waals surface area contributed by atoms with E-state index in [-0.39, 0.29) is 11.7 Å². The van der Waals surface area contributed by atoms with E-state index in [1.165, 1.54) is 0 Å². The van der Waals surface area contributed by atoms with Gasteiger partial charge in [0.1, 0.15) is 5.75 Å². The fourth-order valence-corrected chi connectivity index (χ4v) is 3.20. The highest BCUT2D eigenvalue weighted by Gasteiger charge is 2.23. The lowest BCUT2D eigenvalue weighted by atomic mass is 10.0. The summed E-state index contributed by atoms with van der Waals surface area (Å²) in [6.45, 7) is 1.65. The topological polar surface area (TPSA) is 83.5 Å². The van der Waals surface area contributed by atoms with Gasteiger partial charge in [-0.2, -0.15) is 0 Å². The normalized spacial score (nSPS) is 19.4. The number of carbonyl (C=O) groups is 1. The predicted molar refractivity (Wildman–Crippen MR) is 51.9 cm³/mol. The van der Waals surface area contributed by atoms with Gasteiger partial charge in [0.25, 0.3) is 0 Å². The average molecular weight is 221 g/mol. The van der Waals surface area contributed by atoms with Crippen molar-refractivity contribution in [1.29, 1.82) is 0 Å². The van der Waals surface area contributed by atoms with Crippen molar-refractivity contribution in [3.05, 3.63) is 0 Å². The van der Waals surface area contributed by atoms with Gasteiger partial charge >= 0.3 is 5.97 Å². The maximum Gasteiger partial charge on any atom is 0.318 e. The lowest BCUT2D eigenvalue weighted by Crippen LogP contribution is -2.32. The van der Waals surface area contributed by atoms with Gasteiger partial charge in [0.05, 0.1) is 5.75 Å². The fourth-order valence-electron chi connectivity index (χ4n) is 1.65. The summed E-state index contributed by atoms with van der Waals surface area (Å²) in [6.07, 6.45) is 1.64. The molecule has 0 aromatic rings. The molecule has 0 aliphatic carbocycles. The predicted octanol–water partition coefficient (Wildman–Crippen LogP) is -0.515. The summed E-state index contributed by atoms with van der Waals surface area (Å²) in [6, 6.07) is 0. The Balaban J connectivity index is 2.45. The molecule has 0 unspecified atom stereocenters. The minimum Gasteiger partial charge on any atom is -0.480 e. The van der Waals surface area contributed by atoms with Crippen LogP contribution in [0.1, 0.15) is 12.8 Å². The van der Waals surface area contributed by atoms with E-state index < -0.39 is 21.6 Å². The van der Waals surface area contributed by atoms with Gasteiger partial charge in [0.15, 0.2) is 9.84 Å². The first-order chi connectivity index (χ1) is 6.49. The Morgan fingerprint density at radius 3 is 2.43 bits per heavy atom. The zero-order chi connectivity index (χ0) is 10.6. The first-order valence-corrected chi connectivity index (χ1v) is 6.45. The molecule has 1 saturated heterocycles. The number of rotatable bonds is 4. The summed E-state index contributed by atoms with van der Waals surface area (Å²) in [5.74, 6) is -1.86. The van der Waals surface area contributed by atoms with Crippen LogP contribution in [-0.4, -0.2) is 44.1 Å². The molecule has 0 saturated carbocycles. The number of hydrogen-bond donors (Lipinski definition) is 2. The molecule has 14 heavy (non-hydrogen) atoms. The number of piperidine rings is 1. The zero-order valence-corrected chi connectivity index (χ0v) is 8.72. The van der Waals surface area contributed by atoms with Gasteiger partial charge in [-0.1, -0.05) is 0 Å². The van der Waals surface area contributed by atoms with E-state index in [0.717, 1.165) is 25.9 Å². The van der Waals surface area contributed by atoms with Gasteiger partial charge in [0.2, 0.25) is 0 Å². The SMILES string of the molecule is O=C(O)CS(=O)(=O)CC1CCNCC1. The van der Waals surface area contributed by atoms with Gasteiger partial charge in [-0.25, -0.2) is 8.42 Å². The molecule has 5 nitrogen and oxygen atoms in total. The van der Waals surface area contributed by atoms with E-state index in [4.69, 9.17) is 5.11 Å². The summed E-state index contributed by atoms with van der Waals surface area (Å²) in [5.41, 5.74) is 0. The minimum absolute atomic E-state index is 0.0149. The molecular formula is C8H15NO4S. The van der Waals surface area contributed by atoms with Crippen molar-refractivity contribution in [1.82, 2.24) is 5.32 Å². The number of hydrogen-bond acceptors (Lipinski definition) is 4. The zero-order valence-electron chi connectivity index (χ0n) is 7.90. The van der Waals surface area contributed by atoms with Crippen LogP contribution < -0.4 is 5.32 Å². The van der Waals surface area contributed by atoms with Crippen LogP contribution in [0.5, 0.6) is 0 Å². The molecule has 0 amide bonds. The molecule has 0 atom stereocenters. The Labute approximate surface area is 83.4 Å². The summed E-state index contributed by atoms with van der Waals surface area (Å²) in [4.78, 5) is 10.3. The third-order valence-corrected chi connectivity index (χ3v) is 3.96. The standard InChI is InChI=1S/C8H15NO4S/c10-8(11)6-14(12,13)5-7-1-3-9-4-2-7/h7,9H,1-6H2,(H,10,11). The summed E-state index contributed by atoms with van der Waals surface area (Å²) in [7, 11) is -3.41. The number of aliphatic carboxylic acids is 1. The summed E-state index contributed by atoms with van der Waals surface area (Å²) < 4.78 is 22.6. The third-order valence-electron chi connectivity index (χ3n) is 2.29. The molecule has 6 heteroatoms. The van der Waals surface area contributed by atoms with Crippen molar-refractivity contribution in [2.75, 3.05) is 24.6 Å². The van der Waals surface area contributed by atoms with Crippen LogP contribution in [-0.2, 0) is 14.6 Å². The molecule has 82 valence electrons. The second-order valence-electron chi connectivity index (χ2n) is 3.64. The molecular weight excluding hydrogens is 206 g/mol. The van der Waals surface area contributed by atoms with E-state index in [2.05, 4.69) is 5.32 Å². The van der Waals surface area contributed by atoms with Crippen molar-refractivity contribution in [2.45, 2.75) is 12.8 Å². The maximum atomic E-state index is 11.3. The van der Waals surface area contributed by atoms with E-state index in [9.17, 15) is 13.2 Å². The summed E-state index contributed by atoms with van der Waals surface area (Å²) >= 11 is 0. The molecule has 0 radical (unpaired) electrons. The minimum atomic E-state index is -3.41. The maximum absolute atomic E-state index is 11.3. The van der Waals surface area contributed by atoms with Crippen LogP contribution in [0.4, 0.5) is 0 Å². The second-order valence-corrected chi connectivity index (χ2v) is 5.75. The van der Waals surface area contributed by atoms with Crippen LogP contribution in [0.25, 0.3) is 0 Å². The molecule has 1 fully saturated rings. The monoisotopic (exact) mass is 221 g/mol. The number of nitrogens with one attached hydrogen (secondary N) is 1. The van der Waals surface area contributed by atoms with Crippen LogP contribution in [0.15, 0.2) is 0 Å². The van der Waals surface area contributed by atoms with Crippen LogP contribution in [0.3, 0.4) is 0 Å². The van der Waals surface area contributed by atoms with Crippen molar-refractivity contribution in [2.24, 2.45) is 5.92 Å². The highest BCUT2D eigenvalue weighted by Crippen LogP contribution is 2.14. The van der Waals surface area contributed by atoms with E-state index in [1.807, 2.05) is 0 Å². The smallest absolute Gasteiger partial charge is 0.318 e. The molecule has 2 N–H and O–H groups in total. The quantitative estimate of drug-likeness (QED) is 0.667. The number of carboxylic acid groups (broad SMARTS) is 1. The van der Waals surface area contributed by atoms with Crippen molar-refractivity contribution in [3.63, 3.8) is 0 Å². The first kappa shape index (κ1) is 11.5. The molecule has 0 bridgehead atoms. The fraction of sp³-hybridized carbons (Fsp3) is 0.875. The van der Waals surface area contributed by atoms with Gasteiger partial charge in [0, 0.05) is 0 Å². The van der Waals surface area contributed by atoms with Crippen LogP contribution in [0.2, 0.25) is 0 Å². The van der Waals surface area contributed by atoms with Crippen molar-refractivity contribution < 1.29 is 18.3 Å². The molecule has 1 heterocycles. The second kappa shape index (κ2) is 4.75. The molecule has 0 aromatic carbocycles. The van der Waals surface area contributed by atoms with Crippen molar-refractivity contribution in [3.8, 4) is 0 Å². The highest BCUT2D eigenvalue weighted by atomic mass is 32.2. The van der Waals surface area contributed by atoms with Gasteiger partial charge in [-0.05, 0) is 31.8 Å². The lowest BCUT2D eigenvalue weighted by Gasteiger charge is -2.21.